The number of thiocarbonyl (C=S) groups is 1. The van der Waals surface area contributed by atoms with Gasteiger partial charge in [-0.05, 0) is 12.8 Å². The minimum Gasteiger partial charge on any atom is -0.392 e. The molecule has 1 aliphatic rings. The summed E-state index contributed by atoms with van der Waals surface area (Å²) in [7, 11) is 1.60. The quantitative estimate of drug-likeness (QED) is 0.536. The lowest BCUT2D eigenvalue weighted by Crippen LogP contribution is -2.47. The third-order valence-electron chi connectivity index (χ3n) is 2.96. The Labute approximate surface area is 95.5 Å². The van der Waals surface area contributed by atoms with Crippen LogP contribution in [0.4, 0.5) is 0 Å². The van der Waals surface area contributed by atoms with Gasteiger partial charge in [0.2, 0.25) is 5.91 Å². The fourth-order valence-electron chi connectivity index (χ4n) is 2.00. The van der Waals surface area contributed by atoms with E-state index in [0.29, 0.717) is 18.1 Å². The number of ether oxygens (including phenoxy) is 1. The van der Waals surface area contributed by atoms with Crippen LogP contribution < -0.4 is 11.1 Å². The van der Waals surface area contributed by atoms with Crippen molar-refractivity contribution in [2.45, 2.75) is 25.7 Å². The van der Waals surface area contributed by atoms with Crippen molar-refractivity contribution >= 4 is 23.1 Å². The molecule has 0 aromatic carbocycles. The SMILES string of the molecule is COCCNC(=O)C1(C(N)=S)CCCC1. The van der Waals surface area contributed by atoms with Crippen LogP contribution >= 0.6 is 12.2 Å². The van der Waals surface area contributed by atoms with Gasteiger partial charge in [-0.2, -0.15) is 0 Å². The Bertz CT molecular complexity index is 250. The zero-order valence-electron chi connectivity index (χ0n) is 9.04. The summed E-state index contributed by atoms with van der Waals surface area (Å²) in [5.74, 6) is -0.0375. The van der Waals surface area contributed by atoms with Crippen LogP contribution in [0.2, 0.25) is 0 Å². The molecule has 0 aliphatic heterocycles. The first-order valence-corrected chi connectivity index (χ1v) is 5.61. The topological polar surface area (TPSA) is 64.3 Å². The molecule has 0 saturated heterocycles. The summed E-state index contributed by atoms with van der Waals surface area (Å²) < 4.78 is 4.87. The van der Waals surface area contributed by atoms with Crippen LogP contribution in [0.1, 0.15) is 25.7 Å². The molecule has 4 nitrogen and oxygen atoms in total. The molecular weight excluding hydrogens is 212 g/mol. The number of methoxy groups -OCH3 is 1. The zero-order chi connectivity index (χ0) is 11.3. The summed E-state index contributed by atoms with van der Waals surface area (Å²) in [4.78, 5) is 12.3. The van der Waals surface area contributed by atoms with E-state index < -0.39 is 5.41 Å². The fourth-order valence-corrected chi connectivity index (χ4v) is 2.30. The normalized spacial score (nSPS) is 18.7. The van der Waals surface area contributed by atoms with E-state index in [9.17, 15) is 4.79 Å². The summed E-state index contributed by atoms with van der Waals surface area (Å²) in [6.45, 7) is 1.03. The van der Waals surface area contributed by atoms with Gasteiger partial charge in [-0.1, -0.05) is 25.1 Å². The molecule has 1 rings (SSSR count). The predicted octanol–water partition coefficient (Wildman–Crippen LogP) is 0.595. The minimum absolute atomic E-state index is 0.0375. The van der Waals surface area contributed by atoms with Crippen LogP contribution in [0.25, 0.3) is 0 Å². The molecule has 1 aliphatic carbocycles. The van der Waals surface area contributed by atoms with Crippen molar-refractivity contribution in [3.05, 3.63) is 0 Å². The second kappa shape index (κ2) is 5.42. The van der Waals surface area contributed by atoms with Crippen molar-refractivity contribution in [3.8, 4) is 0 Å². The summed E-state index contributed by atoms with van der Waals surface area (Å²) >= 11 is 5.01. The standard InChI is InChI=1S/C10H18N2O2S/c1-14-7-6-12-9(13)10(8(11)15)4-2-3-5-10/h2-7H2,1H3,(H2,11,15)(H,12,13). The van der Waals surface area contributed by atoms with Crippen molar-refractivity contribution in [2.24, 2.45) is 11.1 Å². The lowest BCUT2D eigenvalue weighted by Gasteiger charge is -2.26. The van der Waals surface area contributed by atoms with E-state index in [1.807, 2.05) is 0 Å². The second-order valence-corrected chi connectivity index (χ2v) is 4.34. The first-order chi connectivity index (χ1) is 7.13. The van der Waals surface area contributed by atoms with Crippen LogP contribution in [0.5, 0.6) is 0 Å². The van der Waals surface area contributed by atoms with Gasteiger partial charge in [0.15, 0.2) is 0 Å². The first kappa shape index (κ1) is 12.4. The number of nitrogens with one attached hydrogen (secondary N) is 1. The summed E-state index contributed by atoms with van der Waals surface area (Å²) in [6.07, 6.45) is 3.60. The van der Waals surface area contributed by atoms with E-state index in [-0.39, 0.29) is 5.91 Å². The van der Waals surface area contributed by atoms with Crippen LogP contribution in [0, 0.1) is 5.41 Å². The largest absolute Gasteiger partial charge is 0.392 e. The second-order valence-electron chi connectivity index (χ2n) is 3.90. The number of rotatable bonds is 5. The highest BCUT2D eigenvalue weighted by atomic mass is 32.1. The van der Waals surface area contributed by atoms with E-state index in [0.717, 1.165) is 25.7 Å². The van der Waals surface area contributed by atoms with Crippen LogP contribution in [-0.2, 0) is 9.53 Å². The van der Waals surface area contributed by atoms with Gasteiger partial charge in [-0.3, -0.25) is 4.79 Å². The lowest BCUT2D eigenvalue weighted by atomic mass is 9.85. The number of hydrogen-bond acceptors (Lipinski definition) is 3. The van der Waals surface area contributed by atoms with Crippen molar-refractivity contribution in [3.63, 3.8) is 0 Å². The molecule has 0 aromatic rings. The smallest absolute Gasteiger partial charge is 0.233 e. The highest BCUT2D eigenvalue weighted by Crippen LogP contribution is 2.38. The monoisotopic (exact) mass is 230 g/mol. The molecule has 0 spiro atoms. The molecule has 3 N–H and O–H groups in total. The van der Waals surface area contributed by atoms with Gasteiger partial charge >= 0.3 is 0 Å². The molecule has 86 valence electrons. The van der Waals surface area contributed by atoms with Crippen LogP contribution in [0.3, 0.4) is 0 Å². The molecule has 0 unspecified atom stereocenters. The van der Waals surface area contributed by atoms with Gasteiger partial charge in [0.1, 0.15) is 0 Å². The number of carbonyl (C=O) groups excluding carboxylic acids is 1. The van der Waals surface area contributed by atoms with E-state index >= 15 is 0 Å². The van der Waals surface area contributed by atoms with Gasteiger partial charge in [0, 0.05) is 13.7 Å². The Morgan fingerprint density at radius 3 is 2.60 bits per heavy atom. The van der Waals surface area contributed by atoms with Gasteiger partial charge in [-0.15, -0.1) is 0 Å². The number of hydrogen-bond donors (Lipinski definition) is 2. The van der Waals surface area contributed by atoms with Crippen molar-refractivity contribution in [1.82, 2.24) is 5.32 Å². The molecule has 1 fully saturated rings. The van der Waals surface area contributed by atoms with Gasteiger partial charge in [0.05, 0.1) is 17.0 Å². The van der Waals surface area contributed by atoms with E-state index in [1.165, 1.54) is 0 Å². The Hall–Kier alpha value is -0.680. The van der Waals surface area contributed by atoms with Gasteiger partial charge < -0.3 is 15.8 Å². The average molecular weight is 230 g/mol. The summed E-state index contributed by atoms with van der Waals surface area (Å²) in [5, 5.41) is 2.82. The average Bonchev–Trinajstić information content (AvgIpc) is 2.67. The Morgan fingerprint density at radius 2 is 2.13 bits per heavy atom. The Morgan fingerprint density at radius 1 is 1.53 bits per heavy atom. The maximum atomic E-state index is 11.9. The van der Waals surface area contributed by atoms with E-state index in [4.69, 9.17) is 22.7 Å². The number of amides is 1. The number of nitrogens with two attached hydrogens (primary N) is 1. The maximum absolute atomic E-state index is 11.9. The summed E-state index contributed by atoms with van der Waals surface area (Å²) in [5.41, 5.74) is 5.08. The molecule has 0 radical (unpaired) electrons. The molecule has 0 aromatic heterocycles. The minimum atomic E-state index is -0.594. The molecule has 0 bridgehead atoms. The zero-order valence-corrected chi connectivity index (χ0v) is 9.86. The maximum Gasteiger partial charge on any atom is 0.233 e. The lowest BCUT2D eigenvalue weighted by molar-refractivity contribution is -0.127. The van der Waals surface area contributed by atoms with Crippen LogP contribution in [-0.4, -0.2) is 31.2 Å². The first-order valence-electron chi connectivity index (χ1n) is 5.20. The Balaban J connectivity index is 2.56. The van der Waals surface area contributed by atoms with Crippen molar-refractivity contribution < 1.29 is 9.53 Å². The van der Waals surface area contributed by atoms with Gasteiger partial charge in [-0.25, -0.2) is 0 Å². The highest BCUT2D eigenvalue weighted by molar-refractivity contribution is 7.80. The predicted molar refractivity (Wildman–Crippen MR) is 62.6 cm³/mol. The number of carbonyl (C=O) groups is 1. The molecule has 1 amide bonds. The Kier molecular flexibility index (Phi) is 4.47. The fraction of sp³-hybridized carbons (Fsp3) is 0.800. The molecule has 15 heavy (non-hydrogen) atoms. The van der Waals surface area contributed by atoms with E-state index in [1.54, 1.807) is 7.11 Å². The third kappa shape index (κ3) is 2.66. The molecular formula is C10H18N2O2S. The molecule has 0 atom stereocenters. The highest BCUT2D eigenvalue weighted by Gasteiger charge is 2.43. The van der Waals surface area contributed by atoms with Crippen molar-refractivity contribution in [1.29, 1.82) is 0 Å². The summed E-state index contributed by atoms with van der Waals surface area (Å²) in [6, 6.07) is 0. The van der Waals surface area contributed by atoms with Gasteiger partial charge in [0.25, 0.3) is 0 Å². The van der Waals surface area contributed by atoms with Crippen molar-refractivity contribution in [2.75, 3.05) is 20.3 Å². The third-order valence-corrected chi connectivity index (χ3v) is 3.35. The van der Waals surface area contributed by atoms with Crippen LogP contribution in [0.15, 0.2) is 0 Å². The molecule has 0 heterocycles. The van der Waals surface area contributed by atoms with E-state index in [2.05, 4.69) is 5.32 Å². The molecule has 1 saturated carbocycles. The molecule has 5 heteroatoms.